The zero-order chi connectivity index (χ0) is 18.4. The molecule has 0 fully saturated rings. The molecule has 26 heavy (non-hydrogen) atoms. The van der Waals surface area contributed by atoms with Crippen LogP contribution in [0.3, 0.4) is 0 Å². The Morgan fingerprint density at radius 2 is 1.69 bits per heavy atom. The standard InChI is InChI=1S/C22H21ClN2O/c1-16-3-6-19(7-4-16)15-26-21-11-8-18(9-12-21)14-24-25-20-10-5-17(2)22(23)13-20/h3-14,25H,15H2,1-2H3. The first-order valence-corrected chi connectivity index (χ1v) is 8.81. The Morgan fingerprint density at radius 1 is 0.962 bits per heavy atom. The fourth-order valence-corrected chi connectivity index (χ4v) is 2.53. The fourth-order valence-electron chi connectivity index (χ4n) is 2.34. The molecular weight excluding hydrogens is 344 g/mol. The van der Waals surface area contributed by atoms with Gasteiger partial charge in [-0.15, -0.1) is 0 Å². The first-order valence-electron chi connectivity index (χ1n) is 8.44. The van der Waals surface area contributed by atoms with Crippen LogP contribution >= 0.6 is 11.6 Å². The van der Waals surface area contributed by atoms with E-state index >= 15 is 0 Å². The van der Waals surface area contributed by atoms with Crippen molar-refractivity contribution in [2.75, 3.05) is 5.43 Å². The SMILES string of the molecule is Cc1ccc(COc2ccc(C=NNc3ccc(C)c(Cl)c3)cc2)cc1. The Bertz CT molecular complexity index is 887. The molecule has 0 aliphatic rings. The number of nitrogens with one attached hydrogen (secondary N) is 1. The van der Waals surface area contributed by atoms with Crippen molar-refractivity contribution < 1.29 is 4.74 Å². The summed E-state index contributed by atoms with van der Waals surface area (Å²) in [5.41, 5.74) is 8.27. The average molecular weight is 365 g/mol. The second kappa shape index (κ2) is 8.54. The van der Waals surface area contributed by atoms with Crippen molar-refractivity contribution in [3.8, 4) is 5.75 Å². The normalized spacial score (nSPS) is 10.9. The van der Waals surface area contributed by atoms with Crippen LogP contribution in [0.2, 0.25) is 5.02 Å². The molecule has 132 valence electrons. The molecule has 0 saturated heterocycles. The molecule has 3 nitrogen and oxygen atoms in total. The third kappa shape index (κ3) is 5.11. The van der Waals surface area contributed by atoms with Crippen molar-refractivity contribution in [1.82, 2.24) is 0 Å². The van der Waals surface area contributed by atoms with E-state index in [1.165, 1.54) is 5.56 Å². The second-order valence-electron chi connectivity index (χ2n) is 6.18. The van der Waals surface area contributed by atoms with Crippen LogP contribution in [0.5, 0.6) is 5.75 Å². The lowest BCUT2D eigenvalue weighted by Crippen LogP contribution is -1.96. The van der Waals surface area contributed by atoms with Gasteiger partial charge >= 0.3 is 0 Å². The molecule has 0 atom stereocenters. The van der Waals surface area contributed by atoms with Gasteiger partial charge in [0.05, 0.1) is 11.9 Å². The molecule has 0 radical (unpaired) electrons. The number of halogens is 1. The molecule has 0 saturated carbocycles. The van der Waals surface area contributed by atoms with Crippen LogP contribution < -0.4 is 10.2 Å². The van der Waals surface area contributed by atoms with Crippen molar-refractivity contribution >= 4 is 23.5 Å². The van der Waals surface area contributed by atoms with Gasteiger partial charge in [-0.3, -0.25) is 5.43 Å². The highest BCUT2D eigenvalue weighted by molar-refractivity contribution is 6.31. The van der Waals surface area contributed by atoms with E-state index in [9.17, 15) is 0 Å². The summed E-state index contributed by atoms with van der Waals surface area (Å²) in [6.07, 6.45) is 1.76. The van der Waals surface area contributed by atoms with Crippen LogP contribution in [0.25, 0.3) is 0 Å². The minimum Gasteiger partial charge on any atom is -0.489 e. The number of aryl methyl sites for hydroxylation is 2. The summed E-state index contributed by atoms with van der Waals surface area (Å²) in [5, 5.41) is 4.96. The molecular formula is C22H21ClN2O. The molecule has 4 heteroatoms. The molecule has 0 spiro atoms. The minimum atomic E-state index is 0.559. The lowest BCUT2D eigenvalue weighted by Gasteiger charge is -2.07. The van der Waals surface area contributed by atoms with E-state index in [4.69, 9.17) is 16.3 Å². The third-order valence-corrected chi connectivity index (χ3v) is 4.39. The first kappa shape index (κ1) is 18.0. The van der Waals surface area contributed by atoms with Gasteiger partial charge < -0.3 is 4.74 Å². The summed E-state index contributed by atoms with van der Waals surface area (Å²) in [6, 6.07) is 21.9. The highest BCUT2D eigenvalue weighted by Crippen LogP contribution is 2.20. The predicted octanol–water partition coefficient (Wildman–Crippen LogP) is 5.98. The maximum Gasteiger partial charge on any atom is 0.119 e. The Balaban J connectivity index is 1.53. The number of hydrogen-bond acceptors (Lipinski definition) is 3. The van der Waals surface area contributed by atoms with E-state index in [1.807, 2.05) is 49.4 Å². The van der Waals surface area contributed by atoms with E-state index in [-0.39, 0.29) is 0 Å². The molecule has 0 bridgehead atoms. The molecule has 0 aromatic heterocycles. The summed E-state index contributed by atoms with van der Waals surface area (Å²) < 4.78 is 5.81. The van der Waals surface area contributed by atoms with Gasteiger partial charge in [-0.05, 0) is 66.9 Å². The topological polar surface area (TPSA) is 33.6 Å². The molecule has 0 aliphatic carbocycles. The van der Waals surface area contributed by atoms with Crippen molar-refractivity contribution in [3.63, 3.8) is 0 Å². The van der Waals surface area contributed by atoms with Gasteiger partial charge in [-0.2, -0.15) is 5.10 Å². The average Bonchev–Trinajstić information content (AvgIpc) is 2.65. The molecule has 3 aromatic carbocycles. The molecule has 0 aliphatic heterocycles. The lowest BCUT2D eigenvalue weighted by molar-refractivity contribution is 0.306. The smallest absolute Gasteiger partial charge is 0.119 e. The third-order valence-electron chi connectivity index (χ3n) is 3.99. The zero-order valence-corrected chi connectivity index (χ0v) is 15.6. The van der Waals surface area contributed by atoms with Gasteiger partial charge in [0, 0.05) is 5.02 Å². The number of ether oxygens (including phenoxy) is 1. The van der Waals surface area contributed by atoms with E-state index in [1.54, 1.807) is 6.21 Å². The molecule has 3 rings (SSSR count). The number of hydrazone groups is 1. The zero-order valence-electron chi connectivity index (χ0n) is 14.9. The van der Waals surface area contributed by atoms with Gasteiger partial charge in [0.1, 0.15) is 12.4 Å². The quantitative estimate of drug-likeness (QED) is 0.431. The van der Waals surface area contributed by atoms with Gasteiger partial charge in [-0.1, -0.05) is 47.5 Å². The van der Waals surface area contributed by atoms with E-state index in [0.717, 1.165) is 33.1 Å². The molecule has 3 aromatic rings. The minimum absolute atomic E-state index is 0.559. The van der Waals surface area contributed by atoms with Crippen LogP contribution in [0.4, 0.5) is 5.69 Å². The van der Waals surface area contributed by atoms with E-state index in [0.29, 0.717) is 6.61 Å². The highest BCUT2D eigenvalue weighted by Gasteiger charge is 1.98. The Labute approximate surface area is 159 Å². The van der Waals surface area contributed by atoms with E-state index < -0.39 is 0 Å². The van der Waals surface area contributed by atoms with E-state index in [2.05, 4.69) is 41.7 Å². The van der Waals surface area contributed by atoms with Crippen LogP contribution in [-0.2, 0) is 6.61 Å². The number of hydrogen-bond donors (Lipinski definition) is 1. The lowest BCUT2D eigenvalue weighted by atomic mass is 10.2. The van der Waals surface area contributed by atoms with Crippen LogP contribution in [0.1, 0.15) is 22.3 Å². The Kier molecular flexibility index (Phi) is 5.92. The second-order valence-corrected chi connectivity index (χ2v) is 6.58. The summed E-state index contributed by atoms with van der Waals surface area (Å²) in [5.74, 6) is 0.834. The maximum absolute atomic E-state index is 6.10. The van der Waals surface area contributed by atoms with Crippen LogP contribution in [0.15, 0.2) is 71.8 Å². The molecule has 1 N–H and O–H groups in total. The summed E-state index contributed by atoms with van der Waals surface area (Å²) in [4.78, 5) is 0. The molecule has 0 amide bonds. The maximum atomic E-state index is 6.10. The van der Waals surface area contributed by atoms with Gasteiger partial charge in [0.25, 0.3) is 0 Å². The van der Waals surface area contributed by atoms with Crippen molar-refractivity contribution in [1.29, 1.82) is 0 Å². The first-order chi connectivity index (χ1) is 12.6. The number of nitrogens with zero attached hydrogens (tertiary/aromatic N) is 1. The Morgan fingerprint density at radius 3 is 2.38 bits per heavy atom. The number of rotatable bonds is 6. The monoisotopic (exact) mass is 364 g/mol. The summed E-state index contributed by atoms with van der Waals surface area (Å²) in [7, 11) is 0. The van der Waals surface area contributed by atoms with Crippen molar-refractivity contribution in [2.45, 2.75) is 20.5 Å². The number of benzene rings is 3. The fraction of sp³-hybridized carbons (Fsp3) is 0.136. The summed E-state index contributed by atoms with van der Waals surface area (Å²) in [6.45, 7) is 4.61. The van der Waals surface area contributed by atoms with Gasteiger partial charge in [0.15, 0.2) is 0 Å². The van der Waals surface area contributed by atoms with Gasteiger partial charge in [0.2, 0.25) is 0 Å². The van der Waals surface area contributed by atoms with Gasteiger partial charge in [-0.25, -0.2) is 0 Å². The highest BCUT2D eigenvalue weighted by atomic mass is 35.5. The largest absolute Gasteiger partial charge is 0.489 e. The van der Waals surface area contributed by atoms with Crippen molar-refractivity contribution in [3.05, 3.63) is 94.0 Å². The van der Waals surface area contributed by atoms with Crippen molar-refractivity contribution in [2.24, 2.45) is 5.10 Å². The predicted molar refractivity (Wildman–Crippen MR) is 109 cm³/mol. The summed E-state index contributed by atoms with van der Waals surface area (Å²) >= 11 is 6.10. The van der Waals surface area contributed by atoms with Crippen LogP contribution in [0, 0.1) is 13.8 Å². The molecule has 0 heterocycles. The Hall–Kier alpha value is -2.78. The van der Waals surface area contributed by atoms with Crippen LogP contribution in [-0.4, -0.2) is 6.21 Å². The number of anilines is 1. The molecule has 0 unspecified atom stereocenters.